The van der Waals surface area contributed by atoms with E-state index in [9.17, 15) is 9.59 Å². The van der Waals surface area contributed by atoms with Gasteiger partial charge in [0.25, 0.3) is 5.91 Å². The SMILES string of the molecule is Cc1c(C(=O)NCc2cccc3ncnn23)[nH]c2c1C(=O)CCC2. The number of Topliss-reactive ketones (excluding diaryl/α,β-unsaturated/α-hetero) is 1. The molecular formula is C17H17N5O2. The lowest BCUT2D eigenvalue weighted by atomic mass is 9.94. The van der Waals surface area contributed by atoms with E-state index in [2.05, 4.69) is 20.4 Å². The molecule has 3 aromatic heterocycles. The van der Waals surface area contributed by atoms with Gasteiger partial charge in [0.1, 0.15) is 12.0 Å². The summed E-state index contributed by atoms with van der Waals surface area (Å²) in [5.41, 5.74) is 4.37. The van der Waals surface area contributed by atoms with Crippen LogP contribution in [0.25, 0.3) is 5.65 Å². The number of carbonyl (C=O) groups is 2. The Morgan fingerprint density at radius 1 is 1.38 bits per heavy atom. The molecule has 3 aromatic rings. The van der Waals surface area contributed by atoms with Gasteiger partial charge in [0.05, 0.1) is 12.2 Å². The summed E-state index contributed by atoms with van der Waals surface area (Å²) in [6.07, 6.45) is 3.69. The minimum Gasteiger partial charge on any atom is -0.354 e. The van der Waals surface area contributed by atoms with Gasteiger partial charge in [-0.25, -0.2) is 9.50 Å². The quantitative estimate of drug-likeness (QED) is 0.769. The summed E-state index contributed by atoms with van der Waals surface area (Å²) >= 11 is 0. The molecule has 7 nitrogen and oxygen atoms in total. The molecular weight excluding hydrogens is 306 g/mol. The molecule has 0 saturated carbocycles. The van der Waals surface area contributed by atoms with Crippen LogP contribution in [0.2, 0.25) is 0 Å². The monoisotopic (exact) mass is 323 g/mol. The highest BCUT2D eigenvalue weighted by molar-refractivity contribution is 6.04. The van der Waals surface area contributed by atoms with Gasteiger partial charge in [-0.2, -0.15) is 5.10 Å². The van der Waals surface area contributed by atoms with Crippen molar-refractivity contribution >= 4 is 17.3 Å². The summed E-state index contributed by atoms with van der Waals surface area (Å²) in [7, 11) is 0. The average molecular weight is 323 g/mol. The van der Waals surface area contributed by atoms with Crippen LogP contribution in [0.15, 0.2) is 24.5 Å². The zero-order valence-corrected chi connectivity index (χ0v) is 13.3. The number of H-pyrrole nitrogens is 1. The van der Waals surface area contributed by atoms with Crippen molar-refractivity contribution in [2.75, 3.05) is 0 Å². The van der Waals surface area contributed by atoms with Gasteiger partial charge in [-0.3, -0.25) is 9.59 Å². The van der Waals surface area contributed by atoms with Crippen molar-refractivity contribution < 1.29 is 9.59 Å². The Labute approximate surface area is 138 Å². The minimum atomic E-state index is -0.216. The molecule has 0 aliphatic heterocycles. The topological polar surface area (TPSA) is 92.2 Å². The second kappa shape index (κ2) is 5.59. The third kappa shape index (κ3) is 2.29. The Balaban J connectivity index is 1.57. The van der Waals surface area contributed by atoms with Crippen molar-refractivity contribution in [1.29, 1.82) is 0 Å². The third-order valence-electron chi connectivity index (χ3n) is 4.47. The number of hydrogen-bond donors (Lipinski definition) is 2. The number of ketones is 1. The molecule has 0 fully saturated rings. The summed E-state index contributed by atoms with van der Waals surface area (Å²) in [6.45, 7) is 2.15. The number of fused-ring (bicyclic) bond motifs is 2. The number of nitrogens with zero attached hydrogens (tertiary/aromatic N) is 3. The fourth-order valence-corrected chi connectivity index (χ4v) is 3.30. The molecule has 3 heterocycles. The van der Waals surface area contributed by atoms with E-state index in [-0.39, 0.29) is 11.7 Å². The number of pyridine rings is 1. The lowest BCUT2D eigenvalue weighted by molar-refractivity contribution is 0.0944. The first-order chi connectivity index (χ1) is 11.6. The van der Waals surface area contributed by atoms with Crippen molar-refractivity contribution in [3.63, 3.8) is 0 Å². The van der Waals surface area contributed by atoms with Crippen molar-refractivity contribution in [1.82, 2.24) is 24.9 Å². The Bertz CT molecular complexity index is 953. The van der Waals surface area contributed by atoms with Gasteiger partial charge < -0.3 is 10.3 Å². The van der Waals surface area contributed by atoms with Gasteiger partial charge in [0.15, 0.2) is 11.4 Å². The molecule has 4 rings (SSSR count). The van der Waals surface area contributed by atoms with E-state index in [0.29, 0.717) is 24.2 Å². The molecule has 1 aliphatic rings. The molecule has 7 heteroatoms. The van der Waals surface area contributed by atoms with Crippen LogP contribution in [0.1, 0.15) is 50.6 Å². The molecule has 0 bridgehead atoms. The highest BCUT2D eigenvalue weighted by Crippen LogP contribution is 2.26. The van der Waals surface area contributed by atoms with Gasteiger partial charge in [0.2, 0.25) is 0 Å². The lowest BCUT2D eigenvalue weighted by Gasteiger charge is -2.09. The molecule has 122 valence electrons. The minimum absolute atomic E-state index is 0.122. The van der Waals surface area contributed by atoms with E-state index in [4.69, 9.17) is 0 Å². The van der Waals surface area contributed by atoms with Crippen LogP contribution in [-0.2, 0) is 13.0 Å². The summed E-state index contributed by atoms with van der Waals surface area (Å²) in [5, 5.41) is 7.04. The Morgan fingerprint density at radius 2 is 2.25 bits per heavy atom. The second-order valence-electron chi connectivity index (χ2n) is 5.99. The molecule has 0 unspecified atom stereocenters. The van der Waals surface area contributed by atoms with Gasteiger partial charge >= 0.3 is 0 Å². The Hall–Kier alpha value is -2.96. The first-order valence-corrected chi connectivity index (χ1v) is 7.95. The molecule has 24 heavy (non-hydrogen) atoms. The highest BCUT2D eigenvalue weighted by Gasteiger charge is 2.26. The Kier molecular flexibility index (Phi) is 3.41. The normalized spacial score (nSPS) is 14.0. The third-order valence-corrected chi connectivity index (χ3v) is 4.47. The number of nitrogens with one attached hydrogen (secondary N) is 2. The zero-order chi connectivity index (χ0) is 16.7. The van der Waals surface area contributed by atoms with Crippen molar-refractivity contribution in [2.24, 2.45) is 0 Å². The first-order valence-electron chi connectivity index (χ1n) is 7.95. The predicted molar refractivity (Wildman–Crippen MR) is 87.0 cm³/mol. The number of hydrogen-bond acceptors (Lipinski definition) is 4. The largest absolute Gasteiger partial charge is 0.354 e. The van der Waals surface area contributed by atoms with Gasteiger partial charge in [-0.1, -0.05) is 6.07 Å². The van der Waals surface area contributed by atoms with Crippen LogP contribution in [-0.4, -0.2) is 31.3 Å². The summed E-state index contributed by atoms with van der Waals surface area (Å²) in [4.78, 5) is 31.9. The fourth-order valence-electron chi connectivity index (χ4n) is 3.30. The summed E-state index contributed by atoms with van der Waals surface area (Å²) in [5.74, 6) is -0.0942. The first kappa shape index (κ1) is 14.6. The van der Waals surface area contributed by atoms with Crippen LogP contribution in [0, 0.1) is 6.92 Å². The van der Waals surface area contributed by atoms with Crippen LogP contribution in [0.3, 0.4) is 0 Å². The van der Waals surface area contributed by atoms with Crippen molar-refractivity contribution in [2.45, 2.75) is 32.7 Å². The molecule has 0 atom stereocenters. The zero-order valence-electron chi connectivity index (χ0n) is 13.3. The predicted octanol–water partition coefficient (Wildman–Crippen LogP) is 1.81. The van der Waals surface area contributed by atoms with E-state index in [0.717, 1.165) is 35.4 Å². The highest BCUT2D eigenvalue weighted by atomic mass is 16.2. The van der Waals surface area contributed by atoms with E-state index in [1.165, 1.54) is 6.33 Å². The summed E-state index contributed by atoms with van der Waals surface area (Å²) in [6, 6.07) is 5.62. The maximum atomic E-state index is 12.5. The summed E-state index contributed by atoms with van der Waals surface area (Å²) < 4.78 is 1.69. The van der Waals surface area contributed by atoms with Crippen LogP contribution in [0.4, 0.5) is 0 Å². The second-order valence-corrected chi connectivity index (χ2v) is 5.99. The van der Waals surface area contributed by atoms with E-state index < -0.39 is 0 Å². The molecule has 0 spiro atoms. The number of rotatable bonds is 3. The molecule has 2 N–H and O–H groups in total. The number of carbonyl (C=O) groups excluding carboxylic acids is 2. The van der Waals surface area contributed by atoms with Crippen molar-refractivity contribution in [3.05, 3.63) is 52.7 Å². The molecule has 0 radical (unpaired) electrons. The number of amides is 1. The van der Waals surface area contributed by atoms with E-state index in [1.54, 1.807) is 4.52 Å². The Morgan fingerprint density at radius 3 is 3.08 bits per heavy atom. The van der Waals surface area contributed by atoms with Crippen LogP contribution in [0.5, 0.6) is 0 Å². The fraction of sp³-hybridized carbons (Fsp3) is 0.294. The van der Waals surface area contributed by atoms with E-state index in [1.807, 2.05) is 25.1 Å². The molecule has 0 saturated heterocycles. The van der Waals surface area contributed by atoms with Gasteiger partial charge in [0, 0.05) is 17.7 Å². The van der Waals surface area contributed by atoms with Crippen LogP contribution >= 0.6 is 0 Å². The lowest BCUT2D eigenvalue weighted by Crippen LogP contribution is -2.25. The van der Waals surface area contributed by atoms with Crippen molar-refractivity contribution in [3.8, 4) is 0 Å². The number of aromatic amines is 1. The molecule has 1 aliphatic carbocycles. The van der Waals surface area contributed by atoms with Gasteiger partial charge in [-0.15, -0.1) is 0 Å². The standard InChI is InChI=1S/C17H17N5O2/c1-10-15-12(5-3-6-13(15)23)21-16(10)17(24)18-8-11-4-2-7-14-19-9-20-22(11)14/h2,4,7,9,21H,3,5-6,8H2,1H3,(H,18,24). The van der Waals surface area contributed by atoms with E-state index >= 15 is 0 Å². The maximum absolute atomic E-state index is 12.5. The van der Waals surface area contributed by atoms with Gasteiger partial charge in [-0.05, 0) is 37.5 Å². The average Bonchev–Trinajstić information content (AvgIpc) is 3.18. The maximum Gasteiger partial charge on any atom is 0.268 e. The smallest absolute Gasteiger partial charge is 0.268 e. The molecule has 0 aromatic carbocycles. The molecule has 1 amide bonds. The van der Waals surface area contributed by atoms with Crippen LogP contribution < -0.4 is 5.32 Å². The number of aryl methyl sites for hydroxylation is 1. The number of aromatic nitrogens is 4.